The van der Waals surface area contributed by atoms with Gasteiger partial charge >= 0.3 is 7.12 Å². The number of aromatic nitrogens is 1. The molecule has 1 aromatic rings. The van der Waals surface area contributed by atoms with Crippen LogP contribution in [0.1, 0.15) is 38.1 Å². The van der Waals surface area contributed by atoms with Crippen molar-refractivity contribution in [2.75, 3.05) is 0 Å². The van der Waals surface area contributed by atoms with E-state index in [0.29, 0.717) is 11.2 Å². The van der Waals surface area contributed by atoms with Gasteiger partial charge in [-0.05, 0) is 39.8 Å². The largest absolute Gasteiger partial charge is 0.515 e. The normalized spacial score (nSPS) is 21.0. The van der Waals surface area contributed by atoms with E-state index in [1.165, 1.54) is 0 Å². The first-order valence-corrected chi connectivity index (χ1v) is 5.85. The molecule has 2 N–H and O–H groups in total. The molecule has 5 nitrogen and oxygen atoms in total. The summed E-state index contributed by atoms with van der Waals surface area (Å²) in [6, 6.07) is 3.28. The van der Waals surface area contributed by atoms with E-state index in [0.717, 1.165) is 0 Å². The van der Waals surface area contributed by atoms with Crippen molar-refractivity contribution in [1.29, 1.82) is 0 Å². The molecule has 0 bridgehead atoms. The van der Waals surface area contributed by atoms with Gasteiger partial charge in [0.15, 0.2) is 0 Å². The third kappa shape index (κ3) is 2.02. The van der Waals surface area contributed by atoms with Gasteiger partial charge in [-0.25, -0.2) is 0 Å². The zero-order valence-electron chi connectivity index (χ0n) is 11.1. The topological polar surface area (TPSA) is 74.4 Å². The Bertz CT molecular complexity index is 472. The summed E-state index contributed by atoms with van der Waals surface area (Å²) in [5.74, 6) is -0.534. The van der Waals surface area contributed by atoms with Crippen LogP contribution in [0, 0.1) is 0 Å². The van der Waals surface area contributed by atoms with Crippen molar-refractivity contribution in [3.63, 3.8) is 0 Å². The predicted octanol–water partition coefficient (Wildman–Crippen LogP) is 0.480. The fraction of sp³-hybridized carbons (Fsp3) is 0.500. The molecule has 6 heteroatoms. The smallest absolute Gasteiger partial charge is 0.398 e. The minimum absolute atomic E-state index is 0.330. The molecule has 0 aliphatic carbocycles. The standard InChI is InChI=1S/C12H17BN2O3/c1-11(2)12(3,4)18-13(17-11)9-8(10(14)16)6-5-7-15-9/h5-7H,1-4H3,(H2,14,16). The second-order valence-electron chi connectivity index (χ2n) is 5.39. The van der Waals surface area contributed by atoms with Crippen LogP contribution in [0.25, 0.3) is 0 Å². The maximum atomic E-state index is 11.4. The van der Waals surface area contributed by atoms with E-state index in [-0.39, 0.29) is 0 Å². The highest BCUT2D eigenvalue weighted by Crippen LogP contribution is 2.36. The average Bonchev–Trinajstić information content (AvgIpc) is 2.48. The summed E-state index contributed by atoms with van der Waals surface area (Å²) in [5, 5.41) is 0. The monoisotopic (exact) mass is 248 g/mol. The molecule has 0 radical (unpaired) electrons. The molecule has 1 aromatic heterocycles. The maximum absolute atomic E-state index is 11.4. The molecule has 0 aromatic carbocycles. The summed E-state index contributed by atoms with van der Waals surface area (Å²) >= 11 is 0. The number of nitrogens with zero attached hydrogens (tertiary/aromatic N) is 1. The molecule has 0 spiro atoms. The third-order valence-electron chi connectivity index (χ3n) is 3.58. The van der Waals surface area contributed by atoms with Crippen molar-refractivity contribution in [2.24, 2.45) is 5.73 Å². The van der Waals surface area contributed by atoms with Crippen molar-refractivity contribution in [1.82, 2.24) is 4.98 Å². The van der Waals surface area contributed by atoms with Crippen LogP contribution in [0.4, 0.5) is 0 Å². The first-order chi connectivity index (χ1) is 8.24. The van der Waals surface area contributed by atoms with Gasteiger partial charge in [0.25, 0.3) is 0 Å². The minimum Gasteiger partial charge on any atom is -0.398 e. The lowest BCUT2D eigenvalue weighted by Gasteiger charge is -2.32. The van der Waals surface area contributed by atoms with Crippen LogP contribution in [0.3, 0.4) is 0 Å². The highest BCUT2D eigenvalue weighted by molar-refractivity contribution is 6.62. The molecule has 1 aliphatic heterocycles. The molecule has 96 valence electrons. The van der Waals surface area contributed by atoms with Crippen molar-refractivity contribution in [3.8, 4) is 0 Å². The third-order valence-corrected chi connectivity index (χ3v) is 3.58. The minimum atomic E-state index is -0.668. The quantitative estimate of drug-likeness (QED) is 0.772. The highest BCUT2D eigenvalue weighted by Gasteiger charge is 2.53. The Morgan fingerprint density at radius 1 is 1.28 bits per heavy atom. The van der Waals surface area contributed by atoms with E-state index < -0.39 is 24.2 Å². The van der Waals surface area contributed by atoms with Crippen LogP contribution >= 0.6 is 0 Å². The Kier molecular flexibility index (Phi) is 2.95. The van der Waals surface area contributed by atoms with Gasteiger partial charge in [-0.2, -0.15) is 0 Å². The number of carbonyl (C=O) groups is 1. The van der Waals surface area contributed by atoms with Crippen LogP contribution in [-0.2, 0) is 9.31 Å². The number of primary amides is 1. The van der Waals surface area contributed by atoms with Gasteiger partial charge in [-0.3, -0.25) is 9.78 Å². The number of hydrogen-bond donors (Lipinski definition) is 1. The fourth-order valence-corrected chi connectivity index (χ4v) is 1.77. The molecule has 0 unspecified atom stereocenters. The Hall–Kier alpha value is -1.40. The number of carbonyl (C=O) groups excluding carboxylic acids is 1. The summed E-state index contributed by atoms with van der Waals surface area (Å²) < 4.78 is 11.7. The summed E-state index contributed by atoms with van der Waals surface area (Å²) in [7, 11) is -0.668. The van der Waals surface area contributed by atoms with Crippen LogP contribution in [0.5, 0.6) is 0 Å². The fourth-order valence-electron chi connectivity index (χ4n) is 1.77. The van der Waals surface area contributed by atoms with Crippen LogP contribution in [-0.4, -0.2) is 29.2 Å². The van der Waals surface area contributed by atoms with Gasteiger partial charge in [0.05, 0.1) is 22.4 Å². The lowest BCUT2D eigenvalue weighted by Crippen LogP contribution is -2.41. The number of nitrogens with two attached hydrogens (primary N) is 1. The van der Waals surface area contributed by atoms with E-state index >= 15 is 0 Å². The van der Waals surface area contributed by atoms with Crippen LogP contribution in [0.2, 0.25) is 0 Å². The lowest BCUT2D eigenvalue weighted by molar-refractivity contribution is 0.00578. The summed E-state index contributed by atoms with van der Waals surface area (Å²) in [4.78, 5) is 15.5. The van der Waals surface area contributed by atoms with Gasteiger partial charge in [0.1, 0.15) is 0 Å². The van der Waals surface area contributed by atoms with Crippen LogP contribution < -0.4 is 11.3 Å². The zero-order chi connectivity index (χ0) is 13.6. The Balaban J connectivity index is 2.38. The molecular weight excluding hydrogens is 231 g/mol. The van der Waals surface area contributed by atoms with Gasteiger partial charge in [0.2, 0.25) is 5.91 Å². The van der Waals surface area contributed by atoms with Crippen molar-refractivity contribution in [2.45, 2.75) is 38.9 Å². The average molecular weight is 248 g/mol. The van der Waals surface area contributed by atoms with Gasteiger partial charge in [0, 0.05) is 6.20 Å². The molecule has 1 fully saturated rings. The van der Waals surface area contributed by atoms with Crippen LogP contribution in [0.15, 0.2) is 18.3 Å². The highest BCUT2D eigenvalue weighted by atomic mass is 16.7. The Labute approximate surface area is 107 Å². The molecule has 1 saturated heterocycles. The van der Waals surface area contributed by atoms with E-state index in [4.69, 9.17) is 15.0 Å². The van der Waals surface area contributed by atoms with E-state index in [1.807, 2.05) is 27.7 Å². The number of pyridine rings is 1. The second kappa shape index (κ2) is 4.07. The zero-order valence-corrected chi connectivity index (χ0v) is 11.1. The van der Waals surface area contributed by atoms with Crippen molar-refractivity contribution < 1.29 is 14.1 Å². The molecule has 0 saturated carbocycles. The Morgan fingerprint density at radius 2 is 1.83 bits per heavy atom. The molecule has 18 heavy (non-hydrogen) atoms. The van der Waals surface area contributed by atoms with Crippen molar-refractivity contribution >= 4 is 18.6 Å². The number of rotatable bonds is 2. The molecular formula is C12H17BN2O3. The summed E-state index contributed by atoms with van der Waals surface area (Å²) in [5.41, 5.74) is 5.15. The van der Waals surface area contributed by atoms with Gasteiger partial charge in [-0.15, -0.1) is 0 Å². The van der Waals surface area contributed by atoms with Crippen molar-refractivity contribution in [3.05, 3.63) is 23.9 Å². The first kappa shape index (κ1) is 13.0. The lowest BCUT2D eigenvalue weighted by atomic mass is 9.80. The first-order valence-electron chi connectivity index (χ1n) is 5.85. The van der Waals surface area contributed by atoms with Gasteiger partial charge in [-0.1, -0.05) is 0 Å². The predicted molar refractivity (Wildman–Crippen MR) is 68.5 cm³/mol. The number of amides is 1. The van der Waals surface area contributed by atoms with Gasteiger partial charge < -0.3 is 15.0 Å². The summed E-state index contributed by atoms with van der Waals surface area (Å²) in [6.45, 7) is 7.78. The SMILES string of the molecule is CC1(C)OB(c2ncccc2C(N)=O)OC1(C)C. The second-order valence-corrected chi connectivity index (χ2v) is 5.39. The molecule has 1 amide bonds. The number of hydrogen-bond acceptors (Lipinski definition) is 4. The molecule has 2 heterocycles. The van der Waals surface area contributed by atoms with E-state index in [1.54, 1.807) is 18.3 Å². The Morgan fingerprint density at radius 3 is 2.33 bits per heavy atom. The molecule has 2 rings (SSSR count). The molecule has 0 atom stereocenters. The summed E-state index contributed by atoms with van der Waals surface area (Å²) in [6.07, 6.45) is 1.59. The maximum Gasteiger partial charge on any atom is 0.515 e. The van der Waals surface area contributed by atoms with E-state index in [2.05, 4.69) is 4.98 Å². The van der Waals surface area contributed by atoms with E-state index in [9.17, 15) is 4.79 Å². The molecule has 1 aliphatic rings.